The zero-order valence-corrected chi connectivity index (χ0v) is 18.4. The van der Waals surface area contributed by atoms with E-state index in [1.165, 1.54) is 10.7 Å². The van der Waals surface area contributed by atoms with Crippen molar-refractivity contribution in [2.45, 2.75) is 26.3 Å². The van der Waals surface area contributed by atoms with Crippen LogP contribution in [0.2, 0.25) is 0 Å². The standard InChI is InChI=1S/C26H22N6O/c1-17(2)23-24(30-25-20(12-27)13-29-32(25)26(23)33)21-14-28-31(16-21)15-19-10-6-7-11-22(19)18-8-4-3-5-9-18/h3-11,13-14,16-17,30H,15H2,1-2H3. The van der Waals surface area contributed by atoms with Crippen molar-refractivity contribution in [2.24, 2.45) is 0 Å². The van der Waals surface area contributed by atoms with Crippen LogP contribution >= 0.6 is 0 Å². The Morgan fingerprint density at radius 1 is 1.00 bits per heavy atom. The van der Waals surface area contributed by atoms with Gasteiger partial charge in [-0.3, -0.25) is 9.48 Å². The molecule has 0 unspecified atom stereocenters. The van der Waals surface area contributed by atoms with Gasteiger partial charge in [-0.15, -0.1) is 0 Å². The Kier molecular flexibility index (Phi) is 5.11. The molecule has 5 rings (SSSR count). The second-order valence-electron chi connectivity index (χ2n) is 8.25. The molecule has 0 amide bonds. The minimum Gasteiger partial charge on any atom is -0.338 e. The average molecular weight is 435 g/mol. The van der Waals surface area contributed by atoms with Crippen molar-refractivity contribution in [3.8, 4) is 28.5 Å². The van der Waals surface area contributed by atoms with Gasteiger partial charge in [-0.2, -0.15) is 20.0 Å². The number of hydrogen-bond acceptors (Lipinski definition) is 4. The van der Waals surface area contributed by atoms with E-state index in [1.54, 1.807) is 6.20 Å². The number of nitriles is 1. The van der Waals surface area contributed by atoms with Crippen LogP contribution < -0.4 is 5.56 Å². The van der Waals surface area contributed by atoms with E-state index in [9.17, 15) is 10.1 Å². The average Bonchev–Trinajstić information content (AvgIpc) is 3.46. The molecule has 5 aromatic rings. The van der Waals surface area contributed by atoms with Crippen LogP contribution in [0.1, 0.15) is 36.5 Å². The first-order valence-electron chi connectivity index (χ1n) is 10.8. The predicted octanol–water partition coefficient (Wildman–Crippen LogP) is 4.60. The number of benzene rings is 2. The lowest BCUT2D eigenvalue weighted by Gasteiger charge is -2.12. The highest BCUT2D eigenvalue weighted by Gasteiger charge is 2.20. The van der Waals surface area contributed by atoms with Crippen LogP contribution in [0.5, 0.6) is 0 Å². The molecule has 0 saturated heterocycles. The van der Waals surface area contributed by atoms with E-state index in [4.69, 9.17) is 0 Å². The molecule has 1 N–H and O–H groups in total. The third kappa shape index (κ3) is 3.62. The molecule has 0 bridgehead atoms. The first-order chi connectivity index (χ1) is 16.1. The molecule has 3 heterocycles. The molecule has 162 valence electrons. The van der Waals surface area contributed by atoms with E-state index in [0.717, 1.165) is 22.3 Å². The van der Waals surface area contributed by atoms with Crippen LogP contribution in [0.15, 0.2) is 78.0 Å². The molecule has 0 radical (unpaired) electrons. The van der Waals surface area contributed by atoms with Gasteiger partial charge in [-0.1, -0.05) is 68.4 Å². The molecule has 0 fully saturated rings. The van der Waals surface area contributed by atoms with Gasteiger partial charge in [-0.05, 0) is 22.6 Å². The number of aromatic amines is 1. The Labute approximate surface area is 190 Å². The molecular weight excluding hydrogens is 412 g/mol. The summed E-state index contributed by atoms with van der Waals surface area (Å²) in [6.45, 7) is 4.52. The number of H-pyrrole nitrogens is 1. The van der Waals surface area contributed by atoms with Gasteiger partial charge in [0.1, 0.15) is 11.6 Å². The van der Waals surface area contributed by atoms with Crippen molar-refractivity contribution in [3.63, 3.8) is 0 Å². The van der Waals surface area contributed by atoms with Crippen molar-refractivity contribution in [3.05, 3.63) is 100 Å². The summed E-state index contributed by atoms with van der Waals surface area (Å²) >= 11 is 0. The molecule has 0 aliphatic heterocycles. The summed E-state index contributed by atoms with van der Waals surface area (Å²) in [4.78, 5) is 16.4. The SMILES string of the molecule is CC(C)c1c(-c2cnn(Cc3ccccc3-c3ccccc3)c2)[nH]c2c(C#N)cnn2c1=O. The molecule has 2 aromatic carbocycles. The lowest BCUT2D eigenvalue weighted by molar-refractivity contribution is 0.688. The number of fused-ring (bicyclic) bond motifs is 1. The predicted molar refractivity (Wildman–Crippen MR) is 127 cm³/mol. The fraction of sp³-hybridized carbons (Fsp3) is 0.154. The molecule has 0 atom stereocenters. The van der Waals surface area contributed by atoms with Gasteiger partial charge in [-0.25, -0.2) is 0 Å². The molecule has 0 saturated carbocycles. The zero-order chi connectivity index (χ0) is 22.9. The topological polar surface area (TPSA) is 91.8 Å². The van der Waals surface area contributed by atoms with Gasteiger partial charge in [0.15, 0.2) is 5.65 Å². The number of rotatable bonds is 5. The quantitative estimate of drug-likeness (QED) is 0.438. The lowest BCUT2D eigenvalue weighted by atomic mass is 9.99. The summed E-state index contributed by atoms with van der Waals surface area (Å²) in [5.74, 6) is -0.0370. The Morgan fingerprint density at radius 3 is 2.52 bits per heavy atom. The Bertz CT molecular complexity index is 1550. The minimum absolute atomic E-state index is 0.0370. The van der Waals surface area contributed by atoms with Gasteiger partial charge >= 0.3 is 0 Å². The number of aromatic nitrogens is 5. The Morgan fingerprint density at radius 2 is 1.76 bits per heavy atom. The van der Waals surface area contributed by atoms with Crippen LogP contribution in [0, 0.1) is 11.3 Å². The van der Waals surface area contributed by atoms with E-state index in [1.807, 2.05) is 55.1 Å². The highest BCUT2D eigenvalue weighted by atomic mass is 16.1. The van der Waals surface area contributed by atoms with E-state index in [-0.39, 0.29) is 11.5 Å². The van der Waals surface area contributed by atoms with Crippen LogP contribution in [0.4, 0.5) is 0 Å². The highest BCUT2D eigenvalue weighted by Crippen LogP contribution is 2.27. The molecule has 0 aliphatic rings. The van der Waals surface area contributed by atoms with E-state index in [2.05, 4.69) is 45.5 Å². The van der Waals surface area contributed by atoms with Crippen molar-refractivity contribution >= 4 is 5.65 Å². The first-order valence-corrected chi connectivity index (χ1v) is 10.8. The second kappa shape index (κ2) is 8.24. The van der Waals surface area contributed by atoms with Crippen molar-refractivity contribution < 1.29 is 0 Å². The largest absolute Gasteiger partial charge is 0.338 e. The number of nitrogens with zero attached hydrogens (tertiary/aromatic N) is 5. The molecule has 0 aliphatic carbocycles. The zero-order valence-electron chi connectivity index (χ0n) is 18.4. The molecule has 0 spiro atoms. The Balaban J connectivity index is 1.58. The minimum atomic E-state index is -0.225. The monoisotopic (exact) mass is 434 g/mol. The first kappa shape index (κ1) is 20.5. The number of nitrogens with one attached hydrogen (secondary N) is 1. The Hall–Kier alpha value is -4.44. The van der Waals surface area contributed by atoms with Crippen molar-refractivity contribution in [1.29, 1.82) is 5.26 Å². The molecule has 33 heavy (non-hydrogen) atoms. The summed E-state index contributed by atoms with van der Waals surface area (Å²) in [7, 11) is 0. The third-order valence-corrected chi connectivity index (χ3v) is 5.76. The second-order valence-corrected chi connectivity index (χ2v) is 8.25. The van der Waals surface area contributed by atoms with E-state index < -0.39 is 0 Å². The third-order valence-electron chi connectivity index (χ3n) is 5.76. The van der Waals surface area contributed by atoms with Crippen LogP contribution in [0.25, 0.3) is 28.0 Å². The number of hydrogen-bond donors (Lipinski definition) is 1. The summed E-state index contributed by atoms with van der Waals surface area (Å²) in [5.41, 5.74) is 6.03. The van der Waals surface area contributed by atoms with E-state index in [0.29, 0.717) is 29.0 Å². The van der Waals surface area contributed by atoms with Gasteiger partial charge in [0.05, 0.1) is 24.6 Å². The molecule has 3 aromatic heterocycles. The van der Waals surface area contributed by atoms with Gasteiger partial charge in [0, 0.05) is 17.3 Å². The fourth-order valence-corrected chi connectivity index (χ4v) is 4.19. The fourth-order valence-electron chi connectivity index (χ4n) is 4.19. The van der Waals surface area contributed by atoms with Crippen LogP contribution in [0.3, 0.4) is 0 Å². The molecule has 7 heteroatoms. The van der Waals surface area contributed by atoms with E-state index >= 15 is 0 Å². The molecule has 7 nitrogen and oxygen atoms in total. The maximum atomic E-state index is 13.1. The van der Waals surface area contributed by atoms with Gasteiger partial charge < -0.3 is 4.98 Å². The summed E-state index contributed by atoms with van der Waals surface area (Å²) in [5, 5.41) is 18.1. The molecular formula is C26H22N6O. The van der Waals surface area contributed by atoms with Crippen LogP contribution in [-0.4, -0.2) is 24.4 Å². The van der Waals surface area contributed by atoms with Crippen molar-refractivity contribution in [1.82, 2.24) is 24.4 Å². The van der Waals surface area contributed by atoms with Gasteiger partial charge in [0.2, 0.25) is 0 Å². The lowest BCUT2D eigenvalue weighted by Crippen LogP contribution is -2.22. The summed E-state index contributed by atoms with van der Waals surface area (Å²) in [6, 6.07) is 20.6. The maximum Gasteiger partial charge on any atom is 0.278 e. The summed E-state index contributed by atoms with van der Waals surface area (Å²) < 4.78 is 3.13. The smallest absolute Gasteiger partial charge is 0.278 e. The highest BCUT2D eigenvalue weighted by molar-refractivity contribution is 5.68. The summed E-state index contributed by atoms with van der Waals surface area (Å²) in [6.07, 6.45) is 5.09. The van der Waals surface area contributed by atoms with Crippen molar-refractivity contribution in [2.75, 3.05) is 0 Å². The maximum absolute atomic E-state index is 13.1. The normalized spacial score (nSPS) is 11.2. The van der Waals surface area contributed by atoms with Crippen LogP contribution in [-0.2, 0) is 6.54 Å². The van der Waals surface area contributed by atoms with Gasteiger partial charge in [0.25, 0.3) is 5.56 Å².